The van der Waals surface area contributed by atoms with E-state index in [0.29, 0.717) is 0 Å². The van der Waals surface area contributed by atoms with Gasteiger partial charge in [0.15, 0.2) is 0 Å². The standard InChI is InChI=1S/2C51H31N3/c1-2-9-35(10-3-1)53-47-16-7-6-13-40(47)45-29-33(19-25-48(45)53)34-20-26-49-46(30-34)41-27-28-52-31-50(41)54(49)36-21-17-32(18-22-36)37-23-24-44-39-12-5-4-11-38(39)43-15-8-14-42(37)51(43)44;1-2-9-35(10-3-1)53-47-16-7-6-13-40(47)44-29-33(19-25-48(44)53)34-20-26-49-45(30-34)46-31-52-28-27-50(46)54(49)36-21-17-32(18-22-36)37-23-24-43-39-12-5-4-11-38(39)42-15-8-14-41(37)51(42)43/h2*1-31H. The van der Waals surface area contributed by atoms with Crippen LogP contribution in [0.3, 0.4) is 0 Å². The van der Waals surface area contributed by atoms with Crippen molar-refractivity contribution in [1.82, 2.24) is 28.2 Å². The monoisotopic (exact) mass is 1370 g/mol. The largest absolute Gasteiger partial charge is 0.309 e. The molecule has 108 heavy (non-hydrogen) atoms. The van der Waals surface area contributed by atoms with Crippen LogP contribution in [-0.2, 0) is 0 Å². The molecule has 2 aliphatic rings. The fraction of sp³-hybridized carbons (Fsp3) is 0. The van der Waals surface area contributed by atoms with Crippen LogP contribution in [0.1, 0.15) is 0 Å². The second-order valence-corrected chi connectivity index (χ2v) is 28.7. The maximum atomic E-state index is 4.58. The Labute approximate surface area is 621 Å². The van der Waals surface area contributed by atoms with Gasteiger partial charge in [0.1, 0.15) is 0 Å². The highest BCUT2D eigenvalue weighted by Gasteiger charge is 2.26. The van der Waals surface area contributed by atoms with Gasteiger partial charge in [-0.05, 0) is 232 Å². The summed E-state index contributed by atoms with van der Waals surface area (Å²) in [5.41, 5.74) is 34.3. The number of benzene rings is 16. The quantitative estimate of drug-likeness (QED) is 0.152. The van der Waals surface area contributed by atoms with E-state index >= 15 is 0 Å². The Bertz CT molecular complexity index is 7010. The van der Waals surface area contributed by atoms with Gasteiger partial charge in [0.25, 0.3) is 0 Å². The first-order valence-electron chi connectivity index (χ1n) is 37.1. The molecule has 0 saturated heterocycles. The van der Waals surface area contributed by atoms with Crippen LogP contribution in [0.4, 0.5) is 0 Å². The summed E-state index contributed by atoms with van der Waals surface area (Å²) in [7, 11) is 0. The summed E-state index contributed by atoms with van der Waals surface area (Å²) in [4.78, 5) is 9.16. The van der Waals surface area contributed by atoms with Crippen molar-refractivity contribution in [2.24, 2.45) is 0 Å². The van der Waals surface area contributed by atoms with Gasteiger partial charge in [-0.1, -0.05) is 231 Å². The molecule has 500 valence electrons. The number of hydrogen-bond donors (Lipinski definition) is 0. The van der Waals surface area contributed by atoms with Crippen molar-refractivity contribution >= 4 is 109 Å². The van der Waals surface area contributed by atoms with Gasteiger partial charge < -0.3 is 18.3 Å². The van der Waals surface area contributed by atoms with E-state index < -0.39 is 0 Å². The molecule has 24 rings (SSSR count). The Morgan fingerprint density at radius 1 is 0.157 bits per heavy atom. The van der Waals surface area contributed by atoms with Crippen molar-refractivity contribution in [3.05, 3.63) is 377 Å². The summed E-state index contributed by atoms with van der Waals surface area (Å²) in [6.07, 6.45) is 7.80. The molecule has 22 aromatic rings. The highest BCUT2D eigenvalue weighted by Crippen LogP contribution is 2.52. The summed E-state index contributed by atoms with van der Waals surface area (Å²) in [5.74, 6) is 0. The number of hydrogen-bond acceptors (Lipinski definition) is 2. The normalized spacial score (nSPS) is 12.1. The molecule has 6 nitrogen and oxygen atoms in total. The molecule has 16 aromatic carbocycles. The van der Waals surface area contributed by atoms with Crippen molar-refractivity contribution in [2.45, 2.75) is 0 Å². The van der Waals surface area contributed by atoms with E-state index in [2.05, 4.69) is 380 Å². The van der Waals surface area contributed by atoms with Crippen LogP contribution in [0.5, 0.6) is 0 Å². The lowest BCUT2D eigenvalue weighted by Gasteiger charge is -2.12. The third kappa shape index (κ3) is 8.95. The smallest absolute Gasteiger partial charge is 0.0724 e. The van der Waals surface area contributed by atoms with Gasteiger partial charge in [0.05, 0.1) is 50.3 Å². The molecule has 0 atom stereocenters. The van der Waals surface area contributed by atoms with E-state index in [-0.39, 0.29) is 0 Å². The van der Waals surface area contributed by atoms with Gasteiger partial charge in [-0.2, -0.15) is 0 Å². The molecule has 6 heteroatoms. The SMILES string of the molecule is c1ccc(-n2c3ccccc3c3cc(-c4ccc5c(c4)c4ccncc4n5-c4ccc(-c5ccc6c7c(cccc57)-c5ccccc5-6)cc4)ccc32)cc1.c1ccc(-n2c3ccccc3c3cc(-c4ccc5c(c4)c4cnccc4n5-c4ccc(-c5ccc6c7c(cccc57)-c5ccccc5-6)cc4)ccc32)cc1. The minimum absolute atomic E-state index is 1.10. The summed E-state index contributed by atoms with van der Waals surface area (Å²) in [5, 5.41) is 15.1. The first-order chi connectivity index (χ1) is 53.6. The van der Waals surface area contributed by atoms with Crippen molar-refractivity contribution in [3.63, 3.8) is 0 Å². The molecule has 6 heterocycles. The number of aromatic nitrogens is 6. The van der Waals surface area contributed by atoms with Crippen LogP contribution in [0, 0.1) is 0 Å². The first-order valence-corrected chi connectivity index (χ1v) is 37.1. The number of para-hydroxylation sites is 4. The predicted molar refractivity (Wildman–Crippen MR) is 451 cm³/mol. The van der Waals surface area contributed by atoms with Gasteiger partial charge in [-0.15, -0.1) is 0 Å². The van der Waals surface area contributed by atoms with Crippen LogP contribution < -0.4 is 0 Å². The fourth-order valence-corrected chi connectivity index (χ4v) is 18.4. The van der Waals surface area contributed by atoms with Gasteiger partial charge in [0, 0.05) is 84.4 Å². The van der Waals surface area contributed by atoms with Gasteiger partial charge in [0.2, 0.25) is 0 Å². The predicted octanol–water partition coefficient (Wildman–Crippen LogP) is 26.8. The Morgan fingerprint density at radius 3 is 0.898 bits per heavy atom. The molecular formula is C102H62N6. The Kier molecular flexibility index (Phi) is 13.1. The Hall–Kier alpha value is -14.5. The molecule has 0 aliphatic heterocycles. The number of pyridine rings is 2. The third-order valence-electron chi connectivity index (χ3n) is 23.1. The second-order valence-electron chi connectivity index (χ2n) is 28.7. The highest BCUT2D eigenvalue weighted by atomic mass is 15.0. The summed E-state index contributed by atoms with van der Waals surface area (Å²) in [6.45, 7) is 0. The zero-order valence-corrected chi connectivity index (χ0v) is 58.5. The summed E-state index contributed by atoms with van der Waals surface area (Å²) in [6, 6.07) is 129. The van der Waals surface area contributed by atoms with E-state index in [1.165, 1.54) is 193 Å². The summed E-state index contributed by atoms with van der Waals surface area (Å²) < 4.78 is 9.47. The topological polar surface area (TPSA) is 45.5 Å². The molecule has 2 aliphatic carbocycles. The third-order valence-corrected chi connectivity index (χ3v) is 23.1. The van der Waals surface area contributed by atoms with Crippen molar-refractivity contribution in [3.8, 4) is 112 Å². The zero-order valence-electron chi connectivity index (χ0n) is 58.5. The van der Waals surface area contributed by atoms with Crippen molar-refractivity contribution in [1.29, 1.82) is 0 Å². The minimum Gasteiger partial charge on any atom is -0.309 e. The molecule has 0 spiro atoms. The number of fused-ring (bicyclic) bond motifs is 18. The molecule has 6 aromatic heterocycles. The van der Waals surface area contributed by atoms with Gasteiger partial charge in [-0.25, -0.2) is 0 Å². The average molecular weight is 1370 g/mol. The first kappa shape index (κ1) is 60.0. The van der Waals surface area contributed by atoms with E-state index in [4.69, 9.17) is 0 Å². The highest BCUT2D eigenvalue weighted by molar-refractivity contribution is 6.21. The molecule has 0 bridgehead atoms. The molecule has 0 fully saturated rings. The van der Waals surface area contributed by atoms with Gasteiger partial charge in [-0.3, -0.25) is 9.97 Å². The molecule has 0 amide bonds. The van der Waals surface area contributed by atoms with E-state index in [1.54, 1.807) is 0 Å². The summed E-state index contributed by atoms with van der Waals surface area (Å²) >= 11 is 0. The lowest BCUT2D eigenvalue weighted by Crippen LogP contribution is -1.94. The van der Waals surface area contributed by atoms with Crippen LogP contribution in [0.25, 0.3) is 221 Å². The maximum absolute atomic E-state index is 4.58. The van der Waals surface area contributed by atoms with Crippen LogP contribution in [0.2, 0.25) is 0 Å². The van der Waals surface area contributed by atoms with Crippen LogP contribution in [-0.4, -0.2) is 28.2 Å². The number of rotatable bonds is 8. The van der Waals surface area contributed by atoms with E-state index in [0.717, 1.165) is 27.8 Å². The lowest BCUT2D eigenvalue weighted by atomic mass is 9.94. The number of nitrogens with zero attached hydrogens (tertiary/aromatic N) is 6. The van der Waals surface area contributed by atoms with Crippen LogP contribution in [0.15, 0.2) is 377 Å². The Balaban J connectivity index is 0.000000130. The van der Waals surface area contributed by atoms with Crippen molar-refractivity contribution < 1.29 is 0 Å². The van der Waals surface area contributed by atoms with Crippen molar-refractivity contribution in [2.75, 3.05) is 0 Å². The van der Waals surface area contributed by atoms with E-state index in [1.807, 2.05) is 24.8 Å². The lowest BCUT2D eigenvalue weighted by molar-refractivity contribution is 1.17. The molecular weight excluding hydrogens is 1310 g/mol. The molecule has 0 unspecified atom stereocenters. The molecule has 0 radical (unpaired) electrons. The molecule has 0 N–H and O–H groups in total. The second kappa shape index (κ2) is 23.5. The van der Waals surface area contributed by atoms with Gasteiger partial charge >= 0.3 is 0 Å². The van der Waals surface area contributed by atoms with Crippen LogP contribution >= 0.6 is 0 Å². The Morgan fingerprint density at radius 2 is 0.454 bits per heavy atom. The fourth-order valence-electron chi connectivity index (χ4n) is 18.4. The van der Waals surface area contributed by atoms with E-state index in [9.17, 15) is 0 Å². The zero-order chi connectivity index (χ0) is 70.7. The maximum Gasteiger partial charge on any atom is 0.0724 e. The average Bonchev–Trinajstić information content (AvgIpc) is 1.60. The minimum atomic E-state index is 1.10. The molecule has 0 saturated carbocycles.